The SMILES string of the molecule is Cl.NC1CCC(NC(=O)CCSc2ccccc2Cl)CC1. The second kappa shape index (κ2) is 9.57. The number of halogens is 2. The zero-order chi connectivity index (χ0) is 14.4. The monoisotopic (exact) mass is 348 g/mol. The second-order valence-corrected chi connectivity index (χ2v) is 6.75. The zero-order valence-corrected chi connectivity index (χ0v) is 14.3. The average molecular weight is 349 g/mol. The summed E-state index contributed by atoms with van der Waals surface area (Å²) in [6.07, 6.45) is 4.56. The maximum Gasteiger partial charge on any atom is 0.221 e. The largest absolute Gasteiger partial charge is 0.353 e. The molecule has 3 N–H and O–H groups in total. The maximum atomic E-state index is 11.9. The van der Waals surface area contributed by atoms with E-state index in [0.717, 1.165) is 41.4 Å². The fourth-order valence-electron chi connectivity index (χ4n) is 2.38. The molecule has 0 aromatic heterocycles. The fourth-order valence-corrected chi connectivity index (χ4v) is 3.57. The third-order valence-electron chi connectivity index (χ3n) is 3.56. The minimum atomic E-state index is 0. The third kappa shape index (κ3) is 6.47. The highest BCUT2D eigenvalue weighted by atomic mass is 35.5. The molecule has 1 saturated carbocycles. The first kappa shape index (κ1) is 18.6. The molecule has 1 fully saturated rings. The molecule has 0 spiro atoms. The Hall–Kier alpha value is -0.420. The van der Waals surface area contributed by atoms with E-state index in [1.165, 1.54) is 0 Å². The van der Waals surface area contributed by atoms with Crippen molar-refractivity contribution < 1.29 is 4.79 Å². The number of hydrogen-bond acceptors (Lipinski definition) is 3. The molecular weight excluding hydrogens is 327 g/mol. The molecule has 0 bridgehead atoms. The maximum absolute atomic E-state index is 11.9. The first-order valence-electron chi connectivity index (χ1n) is 7.07. The van der Waals surface area contributed by atoms with Crippen molar-refractivity contribution in [2.45, 2.75) is 49.1 Å². The average Bonchev–Trinajstić information content (AvgIpc) is 2.43. The van der Waals surface area contributed by atoms with Crippen LogP contribution in [0.5, 0.6) is 0 Å². The van der Waals surface area contributed by atoms with Crippen molar-refractivity contribution >= 4 is 41.7 Å². The Morgan fingerprint density at radius 3 is 2.62 bits per heavy atom. The summed E-state index contributed by atoms with van der Waals surface area (Å²) in [5.41, 5.74) is 5.86. The number of hydrogen-bond donors (Lipinski definition) is 2. The van der Waals surface area contributed by atoms with Crippen LogP contribution in [-0.2, 0) is 4.79 Å². The highest BCUT2D eigenvalue weighted by Crippen LogP contribution is 2.27. The van der Waals surface area contributed by atoms with Gasteiger partial charge in [0.05, 0.1) is 5.02 Å². The number of amides is 1. The van der Waals surface area contributed by atoms with Gasteiger partial charge in [-0.25, -0.2) is 0 Å². The van der Waals surface area contributed by atoms with E-state index in [2.05, 4.69) is 5.32 Å². The molecule has 0 heterocycles. The number of rotatable bonds is 5. The molecule has 0 atom stereocenters. The second-order valence-electron chi connectivity index (χ2n) is 5.21. The first-order chi connectivity index (χ1) is 9.65. The van der Waals surface area contributed by atoms with Crippen LogP contribution < -0.4 is 11.1 Å². The Kier molecular flexibility index (Phi) is 8.49. The summed E-state index contributed by atoms with van der Waals surface area (Å²) in [5.74, 6) is 0.881. The lowest BCUT2D eigenvalue weighted by molar-refractivity contribution is -0.121. The minimum absolute atomic E-state index is 0. The van der Waals surface area contributed by atoms with Crippen LogP contribution in [-0.4, -0.2) is 23.7 Å². The Morgan fingerprint density at radius 1 is 1.29 bits per heavy atom. The van der Waals surface area contributed by atoms with Gasteiger partial charge in [0.25, 0.3) is 0 Å². The van der Waals surface area contributed by atoms with Crippen molar-refractivity contribution in [3.05, 3.63) is 29.3 Å². The fraction of sp³-hybridized carbons (Fsp3) is 0.533. The van der Waals surface area contributed by atoms with Gasteiger partial charge in [0.15, 0.2) is 0 Å². The number of benzene rings is 1. The van der Waals surface area contributed by atoms with Gasteiger partial charge < -0.3 is 11.1 Å². The summed E-state index contributed by atoms with van der Waals surface area (Å²) in [6.45, 7) is 0. The van der Waals surface area contributed by atoms with Gasteiger partial charge in [-0.05, 0) is 37.8 Å². The van der Waals surface area contributed by atoms with Crippen molar-refractivity contribution in [3.63, 3.8) is 0 Å². The summed E-state index contributed by atoms with van der Waals surface area (Å²) in [6, 6.07) is 8.35. The Morgan fingerprint density at radius 2 is 1.95 bits per heavy atom. The van der Waals surface area contributed by atoms with Crippen LogP contribution in [0.3, 0.4) is 0 Å². The molecule has 1 aliphatic carbocycles. The van der Waals surface area contributed by atoms with Gasteiger partial charge in [-0.15, -0.1) is 24.2 Å². The van der Waals surface area contributed by atoms with E-state index in [9.17, 15) is 4.79 Å². The Balaban J connectivity index is 0.00000220. The predicted octanol–water partition coefficient (Wildman–Crippen LogP) is 3.63. The summed E-state index contributed by atoms with van der Waals surface area (Å²) in [7, 11) is 0. The summed E-state index contributed by atoms with van der Waals surface area (Å²) >= 11 is 7.70. The normalized spacial score (nSPS) is 21.4. The number of thioether (sulfide) groups is 1. The standard InChI is InChI=1S/C15H21ClN2OS.ClH/c16-13-3-1-2-4-14(13)20-10-9-15(19)18-12-7-5-11(17)6-8-12;/h1-4,11-12H,5-10,17H2,(H,18,19);1H. The molecule has 2 rings (SSSR count). The predicted molar refractivity (Wildman–Crippen MR) is 92.4 cm³/mol. The molecular formula is C15H22Cl2N2OS. The van der Waals surface area contributed by atoms with Gasteiger partial charge in [-0.2, -0.15) is 0 Å². The van der Waals surface area contributed by atoms with E-state index < -0.39 is 0 Å². The van der Waals surface area contributed by atoms with Crippen LogP contribution in [0.2, 0.25) is 5.02 Å². The molecule has 0 unspecified atom stereocenters. The van der Waals surface area contributed by atoms with Crippen molar-refractivity contribution in [2.75, 3.05) is 5.75 Å². The van der Waals surface area contributed by atoms with Crippen molar-refractivity contribution in [1.82, 2.24) is 5.32 Å². The van der Waals surface area contributed by atoms with E-state index in [-0.39, 0.29) is 18.3 Å². The lowest BCUT2D eigenvalue weighted by atomic mass is 9.92. The summed E-state index contributed by atoms with van der Waals surface area (Å²) in [4.78, 5) is 12.9. The number of carbonyl (C=O) groups is 1. The van der Waals surface area contributed by atoms with Gasteiger partial charge in [0, 0.05) is 29.2 Å². The van der Waals surface area contributed by atoms with E-state index >= 15 is 0 Å². The molecule has 0 radical (unpaired) electrons. The number of nitrogens with one attached hydrogen (secondary N) is 1. The van der Waals surface area contributed by atoms with Crippen LogP contribution in [0.25, 0.3) is 0 Å². The van der Waals surface area contributed by atoms with Crippen molar-refractivity contribution in [3.8, 4) is 0 Å². The number of carbonyl (C=O) groups excluding carboxylic acids is 1. The lowest BCUT2D eigenvalue weighted by Gasteiger charge is -2.26. The zero-order valence-electron chi connectivity index (χ0n) is 11.9. The van der Waals surface area contributed by atoms with Crippen LogP contribution in [0.1, 0.15) is 32.1 Å². The molecule has 3 nitrogen and oxygen atoms in total. The molecule has 6 heteroatoms. The van der Waals surface area contributed by atoms with Gasteiger partial charge >= 0.3 is 0 Å². The van der Waals surface area contributed by atoms with Crippen molar-refractivity contribution in [2.24, 2.45) is 5.73 Å². The van der Waals surface area contributed by atoms with Crippen LogP contribution in [0, 0.1) is 0 Å². The molecule has 0 aliphatic heterocycles. The molecule has 1 aliphatic rings. The van der Waals surface area contributed by atoms with Crippen molar-refractivity contribution in [1.29, 1.82) is 0 Å². The Labute approximate surface area is 141 Å². The Bertz CT molecular complexity index is 451. The van der Waals surface area contributed by atoms with E-state index in [1.54, 1.807) is 11.8 Å². The van der Waals surface area contributed by atoms with Gasteiger partial charge in [0.1, 0.15) is 0 Å². The van der Waals surface area contributed by atoms with Crippen LogP contribution in [0.15, 0.2) is 29.2 Å². The highest BCUT2D eigenvalue weighted by molar-refractivity contribution is 7.99. The smallest absolute Gasteiger partial charge is 0.221 e. The topological polar surface area (TPSA) is 55.1 Å². The van der Waals surface area contributed by atoms with Crippen LogP contribution in [0.4, 0.5) is 0 Å². The van der Waals surface area contributed by atoms with E-state index in [4.69, 9.17) is 17.3 Å². The van der Waals surface area contributed by atoms with Gasteiger partial charge in [-0.1, -0.05) is 23.7 Å². The molecule has 0 saturated heterocycles. The molecule has 21 heavy (non-hydrogen) atoms. The third-order valence-corrected chi connectivity index (χ3v) is 5.08. The van der Waals surface area contributed by atoms with E-state index in [0.29, 0.717) is 18.5 Å². The quantitative estimate of drug-likeness (QED) is 0.798. The van der Waals surface area contributed by atoms with E-state index in [1.807, 2.05) is 24.3 Å². The van der Waals surface area contributed by atoms with Gasteiger partial charge in [0.2, 0.25) is 5.91 Å². The molecule has 1 aromatic rings. The highest BCUT2D eigenvalue weighted by Gasteiger charge is 2.19. The molecule has 1 amide bonds. The number of nitrogens with two attached hydrogens (primary N) is 1. The minimum Gasteiger partial charge on any atom is -0.353 e. The molecule has 118 valence electrons. The van der Waals surface area contributed by atoms with Crippen LogP contribution >= 0.6 is 35.8 Å². The first-order valence-corrected chi connectivity index (χ1v) is 8.44. The lowest BCUT2D eigenvalue weighted by Crippen LogP contribution is -2.40. The summed E-state index contributed by atoms with van der Waals surface area (Å²) < 4.78 is 0. The molecule has 1 aromatic carbocycles. The van der Waals surface area contributed by atoms with Gasteiger partial charge in [-0.3, -0.25) is 4.79 Å². The summed E-state index contributed by atoms with van der Waals surface area (Å²) in [5, 5.41) is 3.85.